The third-order valence-electron chi connectivity index (χ3n) is 6.10. The number of hydrogen-bond acceptors (Lipinski definition) is 6. The van der Waals surface area contributed by atoms with Crippen molar-refractivity contribution in [1.29, 1.82) is 0 Å². The molecule has 1 saturated carbocycles. The van der Waals surface area contributed by atoms with Gasteiger partial charge in [0.2, 0.25) is 5.91 Å². The fourth-order valence-electron chi connectivity index (χ4n) is 4.67. The lowest BCUT2D eigenvalue weighted by molar-refractivity contribution is -0.129. The van der Waals surface area contributed by atoms with Gasteiger partial charge in [0.25, 0.3) is 0 Å². The molecule has 29 heavy (non-hydrogen) atoms. The number of hydrogen-bond donors (Lipinski definition) is 4. The van der Waals surface area contributed by atoms with E-state index in [1.807, 2.05) is 0 Å². The van der Waals surface area contributed by atoms with E-state index < -0.39 is 31.2 Å². The van der Waals surface area contributed by atoms with Gasteiger partial charge in [0.1, 0.15) is 12.3 Å². The average Bonchev–Trinajstić information content (AvgIpc) is 3.04. The number of rotatable bonds is 5. The zero-order valence-corrected chi connectivity index (χ0v) is 18.2. The summed E-state index contributed by atoms with van der Waals surface area (Å²) in [5.74, 6) is -0.0731. The summed E-state index contributed by atoms with van der Waals surface area (Å²) >= 11 is 4.43. The lowest BCUT2D eigenvalue weighted by Crippen LogP contribution is -2.60. The zero-order chi connectivity index (χ0) is 21.0. The maximum Gasteiger partial charge on any atom is 0.326 e. The highest BCUT2D eigenvalue weighted by atomic mass is 32.5. The van der Waals surface area contributed by atoms with Gasteiger partial charge in [0, 0.05) is 18.9 Å². The second-order valence-electron chi connectivity index (χ2n) is 8.21. The summed E-state index contributed by atoms with van der Waals surface area (Å²) in [5, 5.41) is 12.7. The first-order chi connectivity index (χ1) is 13.7. The Morgan fingerprint density at radius 2 is 1.76 bits per heavy atom. The Balaban J connectivity index is 1.72. The minimum atomic E-state index is -3.86. The third kappa shape index (κ3) is 6.43. The van der Waals surface area contributed by atoms with E-state index in [2.05, 4.69) is 17.1 Å². The first-order valence-corrected chi connectivity index (χ1v) is 13.0. The van der Waals surface area contributed by atoms with Crippen LogP contribution in [0.1, 0.15) is 64.2 Å². The van der Waals surface area contributed by atoms with Crippen LogP contribution in [0.5, 0.6) is 0 Å². The minimum Gasteiger partial charge on any atom is -0.390 e. The molecule has 0 radical (unpaired) electrons. The van der Waals surface area contributed by atoms with Crippen LogP contribution in [0.25, 0.3) is 0 Å². The smallest absolute Gasteiger partial charge is 0.326 e. The molecule has 0 aromatic carbocycles. The summed E-state index contributed by atoms with van der Waals surface area (Å²) in [6.07, 6.45) is 6.77. The number of nitrogens with one attached hydrogen (secondary N) is 1. The Labute approximate surface area is 176 Å². The second-order valence-corrected chi connectivity index (χ2v) is 10.9. The SMILES string of the molecule is O=C1CC(C2CCCCCCCC2)N([C@H]2C[C@H](O)[C@@H](COP(O)(O)=S)O2)C(=O)N1. The first kappa shape index (κ1) is 23.1. The quantitative estimate of drug-likeness (QED) is 0.467. The Kier molecular flexibility index (Phi) is 8.06. The lowest BCUT2D eigenvalue weighted by Gasteiger charge is -2.42. The molecule has 1 aliphatic carbocycles. The normalized spacial score (nSPS) is 33.1. The van der Waals surface area contributed by atoms with Crippen molar-refractivity contribution >= 4 is 30.5 Å². The van der Waals surface area contributed by atoms with Crippen molar-refractivity contribution in [2.45, 2.75) is 88.7 Å². The van der Waals surface area contributed by atoms with Gasteiger partial charge >= 0.3 is 12.7 Å². The molecule has 0 bridgehead atoms. The van der Waals surface area contributed by atoms with Crippen molar-refractivity contribution < 1.29 is 33.7 Å². The van der Waals surface area contributed by atoms with E-state index in [9.17, 15) is 24.5 Å². The van der Waals surface area contributed by atoms with Crippen LogP contribution in [-0.2, 0) is 25.9 Å². The molecule has 4 atom stereocenters. The number of carbonyl (C=O) groups is 2. The second kappa shape index (κ2) is 10.1. The molecule has 2 heterocycles. The largest absolute Gasteiger partial charge is 0.390 e. The van der Waals surface area contributed by atoms with Gasteiger partial charge in [-0.05, 0) is 30.6 Å². The molecule has 3 fully saturated rings. The zero-order valence-electron chi connectivity index (χ0n) is 16.4. The molecule has 1 unspecified atom stereocenters. The van der Waals surface area contributed by atoms with E-state index in [1.165, 1.54) is 12.8 Å². The Bertz CT molecular complexity index is 636. The first-order valence-electron chi connectivity index (χ1n) is 10.4. The van der Waals surface area contributed by atoms with Crippen LogP contribution in [0.15, 0.2) is 0 Å². The summed E-state index contributed by atoms with van der Waals surface area (Å²) in [4.78, 5) is 44.9. The molecule has 3 rings (SSSR count). The number of urea groups is 1. The molecular formula is C18H31N2O7PS. The van der Waals surface area contributed by atoms with Crippen molar-refractivity contribution in [2.24, 2.45) is 5.92 Å². The molecular weight excluding hydrogens is 419 g/mol. The van der Waals surface area contributed by atoms with Gasteiger partial charge in [-0.25, -0.2) is 4.79 Å². The van der Waals surface area contributed by atoms with Crippen molar-refractivity contribution in [2.75, 3.05) is 6.61 Å². The number of carbonyl (C=O) groups excluding carboxylic acids is 2. The van der Waals surface area contributed by atoms with Gasteiger partial charge in [0.15, 0.2) is 0 Å². The van der Waals surface area contributed by atoms with E-state index in [-0.39, 0.29) is 37.3 Å². The number of amides is 3. The highest BCUT2D eigenvalue weighted by molar-refractivity contribution is 8.06. The predicted molar refractivity (Wildman–Crippen MR) is 108 cm³/mol. The minimum absolute atomic E-state index is 0.165. The van der Waals surface area contributed by atoms with Gasteiger partial charge < -0.3 is 24.2 Å². The molecule has 2 saturated heterocycles. The number of nitrogens with zero attached hydrogens (tertiary/aromatic N) is 1. The fraction of sp³-hybridized carbons (Fsp3) is 0.889. The van der Waals surface area contributed by atoms with E-state index in [0.717, 1.165) is 38.5 Å². The molecule has 0 aromatic heterocycles. The van der Waals surface area contributed by atoms with Crippen LogP contribution in [0.3, 0.4) is 0 Å². The van der Waals surface area contributed by atoms with E-state index >= 15 is 0 Å². The number of aliphatic hydroxyl groups is 1. The molecule has 3 aliphatic rings. The third-order valence-corrected chi connectivity index (χ3v) is 6.90. The van der Waals surface area contributed by atoms with E-state index in [0.29, 0.717) is 0 Å². The van der Waals surface area contributed by atoms with Crippen molar-refractivity contribution in [3.05, 3.63) is 0 Å². The molecule has 0 aromatic rings. The standard InChI is InChI=1S/C18H31N2O7PS/c21-14-10-17(27-15(14)11-26-28(24,25)29)20-13(9-16(22)19-18(20)23)12-7-5-3-1-2-4-6-8-12/h12-15,17,21H,1-11H2,(H,19,22,23)(H2,24,25,29)/t13?,14-,15+,17+/m0/s1. The van der Waals surface area contributed by atoms with Gasteiger partial charge in [-0.3, -0.25) is 15.0 Å². The molecule has 166 valence electrons. The highest BCUT2D eigenvalue weighted by Crippen LogP contribution is 2.39. The number of imide groups is 1. The summed E-state index contributed by atoms with van der Waals surface area (Å²) in [5.41, 5.74) is 0. The molecule has 0 spiro atoms. The molecule has 11 heteroatoms. The molecule has 4 N–H and O–H groups in total. The summed E-state index contributed by atoms with van der Waals surface area (Å²) in [6.45, 7) is -4.13. The van der Waals surface area contributed by atoms with Crippen LogP contribution in [0, 0.1) is 5.92 Å². The van der Waals surface area contributed by atoms with Gasteiger partial charge in [-0.15, -0.1) is 0 Å². The lowest BCUT2D eigenvalue weighted by atomic mass is 9.85. The van der Waals surface area contributed by atoms with Gasteiger partial charge in [-0.1, -0.05) is 38.5 Å². The Hall–Kier alpha value is -0.610. The summed E-state index contributed by atoms with van der Waals surface area (Å²) < 4.78 is 10.7. The Morgan fingerprint density at radius 1 is 1.14 bits per heavy atom. The van der Waals surface area contributed by atoms with Crippen LogP contribution in [0.4, 0.5) is 4.79 Å². The van der Waals surface area contributed by atoms with E-state index in [1.54, 1.807) is 4.90 Å². The van der Waals surface area contributed by atoms with Gasteiger partial charge in [0.05, 0.1) is 12.7 Å². The van der Waals surface area contributed by atoms with Crippen LogP contribution < -0.4 is 5.32 Å². The monoisotopic (exact) mass is 450 g/mol. The fourth-order valence-corrected chi connectivity index (χ4v) is 5.19. The predicted octanol–water partition coefficient (Wildman–Crippen LogP) is 1.75. The van der Waals surface area contributed by atoms with Gasteiger partial charge in [-0.2, -0.15) is 0 Å². The summed E-state index contributed by atoms with van der Waals surface area (Å²) in [7, 11) is 0. The molecule has 3 amide bonds. The van der Waals surface area contributed by atoms with Crippen LogP contribution in [0.2, 0.25) is 0 Å². The van der Waals surface area contributed by atoms with Crippen molar-refractivity contribution in [1.82, 2.24) is 10.2 Å². The van der Waals surface area contributed by atoms with Crippen LogP contribution >= 0.6 is 6.72 Å². The van der Waals surface area contributed by atoms with E-state index in [4.69, 9.17) is 9.26 Å². The maximum absolute atomic E-state index is 12.7. The highest BCUT2D eigenvalue weighted by Gasteiger charge is 2.46. The number of ether oxygens (including phenoxy) is 1. The van der Waals surface area contributed by atoms with Crippen LogP contribution in [-0.4, -0.2) is 62.8 Å². The Morgan fingerprint density at radius 3 is 2.38 bits per heavy atom. The summed E-state index contributed by atoms with van der Waals surface area (Å²) in [6, 6.07) is -0.772. The van der Waals surface area contributed by atoms with Crippen molar-refractivity contribution in [3.63, 3.8) is 0 Å². The van der Waals surface area contributed by atoms with Crippen molar-refractivity contribution in [3.8, 4) is 0 Å². The molecule has 2 aliphatic heterocycles. The number of aliphatic hydroxyl groups excluding tert-OH is 1. The average molecular weight is 450 g/mol. The topological polar surface area (TPSA) is 129 Å². The molecule has 9 nitrogen and oxygen atoms in total. The maximum atomic E-state index is 12.7.